The molecule has 0 atom stereocenters. The first-order chi connectivity index (χ1) is 9.24. The molecule has 3 N–H and O–H groups in total. The van der Waals surface area contributed by atoms with Crippen LogP contribution in [0, 0.1) is 0 Å². The average Bonchev–Trinajstić information content (AvgIpc) is 2.86. The van der Waals surface area contributed by atoms with Crippen LogP contribution in [0.2, 0.25) is 0 Å². The van der Waals surface area contributed by atoms with Crippen LogP contribution < -0.4 is 11.1 Å². The number of carbonyl (C=O) groups is 1. The second kappa shape index (κ2) is 4.45. The average molecular weight is 253 g/mol. The van der Waals surface area contributed by atoms with Gasteiger partial charge in [0.05, 0.1) is 11.2 Å². The van der Waals surface area contributed by atoms with E-state index in [0.29, 0.717) is 5.69 Å². The molecule has 0 aliphatic heterocycles. The van der Waals surface area contributed by atoms with Crippen LogP contribution in [0.15, 0.2) is 53.1 Å². The van der Waals surface area contributed by atoms with Crippen LogP contribution in [0.5, 0.6) is 0 Å². The molecule has 0 fully saturated rings. The van der Waals surface area contributed by atoms with Gasteiger partial charge in [0.25, 0.3) is 5.91 Å². The maximum atomic E-state index is 12.0. The second-order valence-corrected chi connectivity index (χ2v) is 4.04. The molecule has 3 rings (SSSR count). The Balaban J connectivity index is 1.95. The molecule has 0 saturated carbocycles. The minimum absolute atomic E-state index is 0.172. The van der Waals surface area contributed by atoms with Crippen molar-refractivity contribution in [2.75, 3.05) is 11.1 Å². The van der Waals surface area contributed by atoms with Gasteiger partial charge in [-0.05, 0) is 18.2 Å². The molecular weight excluding hydrogens is 242 g/mol. The zero-order valence-corrected chi connectivity index (χ0v) is 9.96. The number of nitrogen functional groups attached to an aromatic ring is 1. The Labute approximate surface area is 109 Å². The van der Waals surface area contributed by atoms with E-state index in [-0.39, 0.29) is 17.6 Å². The summed E-state index contributed by atoms with van der Waals surface area (Å²) in [7, 11) is 0. The second-order valence-electron chi connectivity index (χ2n) is 4.04. The zero-order chi connectivity index (χ0) is 13.2. The molecular formula is C14H11N3O2. The van der Waals surface area contributed by atoms with E-state index in [1.807, 2.05) is 24.3 Å². The summed E-state index contributed by atoms with van der Waals surface area (Å²) in [6, 6.07) is 12.4. The summed E-state index contributed by atoms with van der Waals surface area (Å²) in [5.74, 6) is 0.0291. The third-order valence-electron chi connectivity index (χ3n) is 2.73. The molecule has 0 aliphatic carbocycles. The minimum Gasteiger partial charge on any atom is -0.436 e. The SMILES string of the molecule is Nc1ccc(C(=O)Nc2cccc3cccnc23)o1. The molecule has 0 saturated heterocycles. The first-order valence-electron chi connectivity index (χ1n) is 5.74. The smallest absolute Gasteiger partial charge is 0.291 e. The lowest BCUT2D eigenvalue weighted by Gasteiger charge is -2.06. The number of carbonyl (C=O) groups excluding carboxylic acids is 1. The summed E-state index contributed by atoms with van der Waals surface area (Å²) in [5, 5.41) is 3.72. The van der Waals surface area contributed by atoms with E-state index in [4.69, 9.17) is 10.2 Å². The van der Waals surface area contributed by atoms with Crippen molar-refractivity contribution in [1.82, 2.24) is 4.98 Å². The Morgan fingerprint density at radius 1 is 1.16 bits per heavy atom. The number of rotatable bonds is 2. The van der Waals surface area contributed by atoms with Gasteiger partial charge in [-0.3, -0.25) is 9.78 Å². The van der Waals surface area contributed by atoms with Gasteiger partial charge in [0, 0.05) is 17.6 Å². The number of nitrogens with two attached hydrogens (primary N) is 1. The van der Waals surface area contributed by atoms with E-state index < -0.39 is 0 Å². The molecule has 0 aliphatic rings. The number of hydrogen-bond donors (Lipinski definition) is 2. The molecule has 94 valence electrons. The maximum Gasteiger partial charge on any atom is 0.291 e. The van der Waals surface area contributed by atoms with E-state index in [9.17, 15) is 4.79 Å². The highest BCUT2D eigenvalue weighted by molar-refractivity contribution is 6.06. The summed E-state index contributed by atoms with van der Waals surface area (Å²) in [6.07, 6.45) is 1.68. The van der Waals surface area contributed by atoms with E-state index >= 15 is 0 Å². The molecule has 0 unspecified atom stereocenters. The molecule has 1 amide bonds. The van der Waals surface area contributed by atoms with Crippen LogP contribution in [0.3, 0.4) is 0 Å². The van der Waals surface area contributed by atoms with Crippen molar-refractivity contribution in [3.05, 3.63) is 54.4 Å². The van der Waals surface area contributed by atoms with Gasteiger partial charge in [-0.15, -0.1) is 0 Å². The fourth-order valence-electron chi connectivity index (χ4n) is 1.86. The van der Waals surface area contributed by atoms with Crippen LogP contribution in [-0.2, 0) is 0 Å². The Hall–Kier alpha value is -2.82. The zero-order valence-electron chi connectivity index (χ0n) is 9.96. The molecule has 2 aromatic heterocycles. The van der Waals surface area contributed by atoms with Crippen LogP contribution in [0.25, 0.3) is 10.9 Å². The van der Waals surface area contributed by atoms with Crippen LogP contribution in [-0.4, -0.2) is 10.9 Å². The van der Waals surface area contributed by atoms with Gasteiger partial charge < -0.3 is 15.5 Å². The fraction of sp³-hybridized carbons (Fsp3) is 0. The molecule has 0 radical (unpaired) electrons. The largest absolute Gasteiger partial charge is 0.436 e. The predicted octanol–water partition coefficient (Wildman–Crippen LogP) is 2.66. The lowest BCUT2D eigenvalue weighted by Crippen LogP contribution is -2.11. The predicted molar refractivity (Wildman–Crippen MR) is 72.8 cm³/mol. The van der Waals surface area contributed by atoms with Gasteiger partial charge >= 0.3 is 0 Å². The Morgan fingerprint density at radius 2 is 2.00 bits per heavy atom. The van der Waals surface area contributed by atoms with Gasteiger partial charge in [-0.1, -0.05) is 18.2 Å². The lowest BCUT2D eigenvalue weighted by molar-refractivity contribution is 0.0998. The monoisotopic (exact) mass is 253 g/mol. The highest BCUT2D eigenvalue weighted by atomic mass is 16.4. The number of pyridine rings is 1. The Bertz CT molecular complexity index is 744. The van der Waals surface area contributed by atoms with Crippen molar-refractivity contribution in [3.63, 3.8) is 0 Å². The number of hydrogen-bond acceptors (Lipinski definition) is 4. The minimum atomic E-state index is -0.352. The van der Waals surface area contributed by atoms with Gasteiger partial charge in [-0.25, -0.2) is 0 Å². The summed E-state index contributed by atoms with van der Waals surface area (Å²) >= 11 is 0. The molecule has 19 heavy (non-hydrogen) atoms. The number of aromatic nitrogens is 1. The van der Waals surface area contributed by atoms with E-state index in [1.54, 1.807) is 12.3 Å². The van der Waals surface area contributed by atoms with Crippen molar-refractivity contribution < 1.29 is 9.21 Å². The van der Waals surface area contributed by atoms with E-state index in [0.717, 1.165) is 10.9 Å². The standard InChI is InChI=1S/C14H11N3O2/c15-12-7-6-11(19-12)14(18)17-10-5-1-3-9-4-2-8-16-13(9)10/h1-8H,15H2,(H,17,18). The topological polar surface area (TPSA) is 81.2 Å². The van der Waals surface area contributed by atoms with Gasteiger partial charge in [0.1, 0.15) is 0 Å². The summed E-state index contributed by atoms with van der Waals surface area (Å²) in [6.45, 7) is 0. The quantitative estimate of drug-likeness (QED) is 0.735. The number of benzene rings is 1. The normalized spacial score (nSPS) is 10.5. The highest BCUT2D eigenvalue weighted by Gasteiger charge is 2.12. The van der Waals surface area contributed by atoms with Gasteiger partial charge in [-0.2, -0.15) is 0 Å². The fourth-order valence-corrected chi connectivity index (χ4v) is 1.86. The Kier molecular flexibility index (Phi) is 2.64. The number of amides is 1. The number of furan rings is 1. The van der Waals surface area contributed by atoms with Crippen molar-refractivity contribution in [2.24, 2.45) is 0 Å². The Morgan fingerprint density at radius 3 is 2.79 bits per heavy atom. The molecule has 2 heterocycles. The molecule has 3 aromatic rings. The molecule has 0 bridgehead atoms. The van der Waals surface area contributed by atoms with E-state index in [2.05, 4.69) is 10.3 Å². The van der Waals surface area contributed by atoms with Gasteiger partial charge in [0.2, 0.25) is 0 Å². The third kappa shape index (κ3) is 2.13. The third-order valence-corrected chi connectivity index (χ3v) is 2.73. The number of para-hydroxylation sites is 1. The number of nitrogens with one attached hydrogen (secondary N) is 1. The first kappa shape index (κ1) is 11.3. The number of nitrogens with zero attached hydrogens (tertiary/aromatic N) is 1. The van der Waals surface area contributed by atoms with Crippen LogP contribution in [0.1, 0.15) is 10.6 Å². The van der Waals surface area contributed by atoms with Crippen LogP contribution >= 0.6 is 0 Å². The molecule has 5 nitrogen and oxygen atoms in total. The molecule has 0 spiro atoms. The summed E-state index contributed by atoms with van der Waals surface area (Å²) in [4.78, 5) is 16.2. The maximum absolute atomic E-state index is 12.0. The van der Waals surface area contributed by atoms with E-state index in [1.165, 1.54) is 12.1 Å². The van der Waals surface area contributed by atoms with Crippen LogP contribution in [0.4, 0.5) is 11.6 Å². The van der Waals surface area contributed by atoms with Gasteiger partial charge in [0.15, 0.2) is 11.6 Å². The van der Waals surface area contributed by atoms with Crippen molar-refractivity contribution in [3.8, 4) is 0 Å². The first-order valence-corrected chi connectivity index (χ1v) is 5.74. The molecule has 1 aromatic carbocycles. The summed E-state index contributed by atoms with van der Waals surface area (Å²) in [5.41, 5.74) is 6.81. The number of anilines is 2. The van der Waals surface area contributed by atoms with Crippen molar-refractivity contribution in [2.45, 2.75) is 0 Å². The molecule has 5 heteroatoms. The van der Waals surface area contributed by atoms with Crippen molar-refractivity contribution >= 4 is 28.4 Å². The lowest BCUT2D eigenvalue weighted by atomic mass is 10.2. The highest BCUT2D eigenvalue weighted by Crippen LogP contribution is 2.21. The summed E-state index contributed by atoms with van der Waals surface area (Å²) < 4.78 is 5.07. The van der Waals surface area contributed by atoms with Crippen molar-refractivity contribution in [1.29, 1.82) is 0 Å². The number of fused-ring (bicyclic) bond motifs is 1.